The molecule has 0 aliphatic rings. The summed E-state index contributed by atoms with van der Waals surface area (Å²) in [5, 5.41) is 6.13. The topological polar surface area (TPSA) is 63.8 Å². The molecule has 0 saturated heterocycles. The van der Waals surface area contributed by atoms with Crippen molar-refractivity contribution >= 4 is 44.8 Å². The Bertz CT molecular complexity index is 667. The smallest absolute Gasteiger partial charge is 0.187 e. The van der Waals surface area contributed by atoms with Crippen molar-refractivity contribution in [1.29, 1.82) is 0 Å². The van der Waals surface area contributed by atoms with Crippen LogP contribution in [-0.2, 0) is 0 Å². The second kappa shape index (κ2) is 6.49. The highest BCUT2D eigenvalue weighted by Gasteiger charge is 2.04. The van der Waals surface area contributed by atoms with E-state index >= 15 is 0 Å². The number of hydrogen-bond acceptors (Lipinski definition) is 5. The highest BCUT2D eigenvalue weighted by Crippen LogP contribution is 2.27. The van der Waals surface area contributed by atoms with Gasteiger partial charge in [0.05, 0.1) is 5.69 Å². The Hall–Kier alpha value is -1.92. The van der Waals surface area contributed by atoms with Gasteiger partial charge in [0, 0.05) is 34.7 Å². The zero-order valence-corrected chi connectivity index (χ0v) is 13.0. The third-order valence-corrected chi connectivity index (χ3v) is 3.40. The van der Waals surface area contributed by atoms with Crippen molar-refractivity contribution in [3.05, 3.63) is 54.2 Å². The molecule has 0 fully saturated rings. The minimum atomic E-state index is 0. The van der Waals surface area contributed by atoms with Gasteiger partial charge in [-0.2, -0.15) is 0 Å². The van der Waals surface area contributed by atoms with E-state index in [2.05, 4.69) is 15.3 Å². The van der Waals surface area contributed by atoms with Crippen LogP contribution in [0.5, 0.6) is 0 Å². The van der Waals surface area contributed by atoms with E-state index in [1.165, 1.54) is 0 Å². The second-order valence-corrected chi connectivity index (χ2v) is 4.88. The van der Waals surface area contributed by atoms with Crippen LogP contribution in [0, 0.1) is 0 Å². The fraction of sp³-hybridized carbons (Fsp3) is 0. The lowest BCUT2D eigenvalue weighted by Gasteiger charge is -2.00. The van der Waals surface area contributed by atoms with Crippen LogP contribution in [0.2, 0.25) is 0 Å². The normalized spacial score (nSPS) is 9.80. The average Bonchev–Trinajstić information content (AvgIpc) is 2.89. The van der Waals surface area contributed by atoms with E-state index in [9.17, 15) is 0 Å². The predicted molar refractivity (Wildman–Crippen MR) is 89.8 cm³/mol. The van der Waals surface area contributed by atoms with Gasteiger partial charge in [-0.15, -0.1) is 28.3 Å². The van der Waals surface area contributed by atoms with Gasteiger partial charge in [-0.1, -0.05) is 12.1 Å². The van der Waals surface area contributed by atoms with E-state index in [0.29, 0.717) is 0 Å². The Balaban J connectivity index is 0.00000147. The van der Waals surface area contributed by atoms with Crippen LogP contribution < -0.4 is 11.1 Å². The molecule has 3 N–H and O–H groups in total. The van der Waals surface area contributed by atoms with Crippen molar-refractivity contribution < 1.29 is 0 Å². The number of thiazole rings is 1. The van der Waals surface area contributed by atoms with Crippen LogP contribution in [0.4, 0.5) is 16.5 Å². The molecule has 102 valence electrons. The quantitative estimate of drug-likeness (QED) is 0.699. The third-order valence-electron chi connectivity index (χ3n) is 2.64. The van der Waals surface area contributed by atoms with Gasteiger partial charge in [0.25, 0.3) is 0 Å². The first-order chi connectivity index (χ1) is 9.31. The molecule has 1 aromatic carbocycles. The molecule has 0 aliphatic carbocycles. The van der Waals surface area contributed by atoms with E-state index in [1.54, 1.807) is 23.7 Å². The van der Waals surface area contributed by atoms with Crippen molar-refractivity contribution in [3.8, 4) is 11.3 Å². The number of nitrogens with two attached hydrogens (primary N) is 1. The maximum absolute atomic E-state index is 5.68. The Morgan fingerprint density at radius 1 is 1.00 bits per heavy atom. The maximum Gasteiger partial charge on any atom is 0.187 e. The highest BCUT2D eigenvalue weighted by atomic mass is 79.9. The number of benzene rings is 1. The molecule has 3 rings (SSSR count). The summed E-state index contributed by atoms with van der Waals surface area (Å²) < 4.78 is 0. The van der Waals surface area contributed by atoms with Gasteiger partial charge in [-0.3, -0.25) is 4.98 Å². The predicted octanol–water partition coefficient (Wildman–Crippen LogP) is 4.11. The van der Waals surface area contributed by atoms with Crippen molar-refractivity contribution in [1.82, 2.24) is 9.97 Å². The SMILES string of the molecule is Br.Nc1ccc(-c2csc(Nc3ccncc3)n2)cc1. The minimum Gasteiger partial charge on any atom is -0.399 e. The van der Waals surface area contributed by atoms with E-state index in [0.717, 1.165) is 27.8 Å². The number of nitrogens with zero attached hydrogens (tertiary/aromatic N) is 2. The van der Waals surface area contributed by atoms with Gasteiger partial charge in [0.1, 0.15) is 0 Å². The van der Waals surface area contributed by atoms with Crippen LogP contribution in [0.15, 0.2) is 54.2 Å². The van der Waals surface area contributed by atoms with Crippen LogP contribution in [0.3, 0.4) is 0 Å². The minimum absolute atomic E-state index is 0. The lowest BCUT2D eigenvalue weighted by atomic mass is 10.1. The summed E-state index contributed by atoms with van der Waals surface area (Å²) >= 11 is 1.57. The Morgan fingerprint density at radius 2 is 1.70 bits per heavy atom. The first-order valence-electron chi connectivity index (χ1n) is 5.80. The van der Waals surface area contributed by atoms with Crippen LogP contribution in [-0.4, -0.2) is 9.97 Å². The number of hydrogen-bond donors (Lipinski definition) is 2. The number of nitrogens with one attached hydrogen (secondary N) is 1. The summed E-state index contributed by atoms with van der Waals surface area (Å²) in [5.74, 6) is 0. The molecule has 0 aliphatic heterocycles. The fourth-order valence-electron chi connectivity index (χ4n) is 1.68. The summed E-state index contributed by atoms with van der Waals surface area (Å²) in [6.07, 6.45) is 3.49. The molecule has 3 aromatic rings. The van der Waals surface area contributed by atoms with E-state index < -0.39 is 0 Å². The third kappa shape index (κ3) is 3.34. The maximum atomic E-state index is 5.68. The average molecular weight is 349 g/mol. The number of anilines is 3. The number of rotatable bonds is 3. The summed E-state index contributed by atoms with van der Waals surface area (Å²) in [6.45, 7) is 0. The lowest BCUT2D eigenvalue weighted by molar-refractivity contribution is 1.31. The van der Waals surface area contributed by atoms with Crippen molar-refractivity contribution in [2.45, 2.75) is 0 Å². The molecule has 0 saturated carbocycles. The highest BCUT2D eigenvalue weighted by molar-refractivity contribution is 8.93. The second-order valence-electron chi connectivity index (χ2n) is 4.02. The first kappa shape index (κ1) is 14.5. The number of nitrogen functional groups attached to an aromatic ring is 1. The molecule has 2 heterocycles. The Kier molecular flexibility index (Phi) is 4.70. The lowest BCUT2D eigenvalue weighted by Crippen LogP contribution is -1.89. The van der Waals surface area contributed by atoms with Crippen LogP contribution in [0.1, 0.15) is 0 Å². The number of aromatic nitrogens is 2. The van der Waals surface area contributed by atoms with Gasteiger partial charge in [0.15, 0.2) is 5.13 Å². The van der Waals surface area contributed by atoms with Gasteiger partial charge >= 0.3 is 0 Å². The molecule has 6 heteroatoms. The van der Waals surface area contributed by atoms with Gasteiger partial charge in [-0.25, -0.2) is 4.98 Å². The molecule has 0 amide bonds. The summed E-state index contributed by atoms with van der Waals surface area (Å²) in [4.78, 5) is 8.53. The summed E-state index contributed by atoms with van der Waals surface area (Å²) in [7, 11) is 0. The molecule has 0 unspecified atom stereocenters. The summed E-state index contributed by atoms with van der Waals surface area (Å²) in [5.41, 5.74) is 9.42. The number of halogens is 1. The Morgan fingerprint density at radius 3 is 2.40 bits per heavy atom. The zero-order valence-electron chi connectivity index (χ0n) is 10.5. The summed E-state index contributed by atoms with van der Waals surface area (Å²) in [6, 6.07) is 11.5. The van der Waals surface area contributed by atoms with Crippen molar-refractivity contribution in [3.63, 3.8) is 0 Å². The molecule has 20 heavy (non-hydrogen) atoms. The standard InChI is InChI=1S/C14H12N4S.BrH/c15-11-3-1-10(2-4-11)13-9-19-14(18-13)17-12-5-7-16-8-6-12;/h1-9H,15H2,(H,16,17,18);1H. The molecule has 4 nitrogen and oxygen atoms in total. The fourth-order valence-corrected chi connectivity index (χ4v) is 2.42. The molecule has 0 spiro atoms. The largest absolute Gasteiger partial charge is 0.399 e. The molecule has 2 aromatic heterocycles. The van der Waals surface area contributed by atoms with Crippen molar-refractivity contribution in [2.24, 2.45) is 0 Å². The molecule has 0 bridgehead atoms. The van der Waals surface area contributed by atoms with Gasteiger partial charge in [0.2, 0.25) is 0 Å². The molecule has 0 radical (unpaired) electrons. The number of pyridine rings is 1. The first-order valence-corrected chi connectivity index (χ1v) is 6.68. The van der Waals surface area contributed by atoms with Crippen molar-refractivity contribution in [2.75, 3.05) is 11.1 Å². The van der Waals surface area contributed by atoms with E-state index in [4.69, 9.17) is 5.73 Å². The van der Waals surface area contributed by atoms with Gasteiger partial charge in [-0.05, 0) is 24.3 Å². The van der Waals surface area contributed by atoms with Crippen LogP contribution >= 0.6 is 28.3 Å². The van der Waals surface area contributed by atoms with E-state index in [1.807, 2.05) is 41.8 Å². The van der Waals surface area contributed by atoms with Gasteiger partial charge < -0.3 is 11.1 Å². The zero-order chi connectivity index (χ0) is 13.1. The molecule has 0 atom stereocenters. The van der Waals surface area contributed by atoms with E-state index in [-0.39, 0.29) is 17.0 Å². The monoisotopic (exact) mass is 348 g/mol. The Labute approximate surface area is 131 Å². The molecular formula is C14H13BrN4S. The molecular weight excluding hydrogens is 336 g/mol. The van der Waals surface area contributed by atoms with Crippen LogP contribution in [0.25, 0.3) is 11.3 Å².